The van der Waals surface area contributed by atoms with Gasteiger partial charge in [-0.05, 0) is 5.56 Å². The third-order valence-corrected chi connectivity index (χ3v) is 2.17. The van der Waals surface area contributed by atoms with E-state index in [9.17, 15) is 22.0 Å². The second-order valence-corrected chi connectivity index (χ2v) is 3.37. The van der Waals surface area contributed by atoms with Crippen molar-refractivity contribution in [3.63, 3.8) is 0 Å². The van der Waals surface area contributed by atoms with E-state index in [2.05, 4.69) is 9.72 Å². The number of halogens is 5. The molecule has 0 radical (unpaired) electrons. The van der Waals surface area contributed by atoms with Crippen LogP contribution in [0.2, 0.25) is 0 Å². The van der Waals surface area contributed by atoms with Gasteiger partial charge >= 0.3 is 6.36 Å². The Balaban J connectivity index is 3.40. The lowest BCUT2D eigenvalue weighted by Gasteiger charge is -2.16. The standard InChI is InChI=1S/C10H8F5N3O/c11-8(12)7-5(3-17)4-18-9(6(7)1-2-16)19-10(13,14)15/h4,8H,1,3,17H2. The van der Waals surface area contributed by atoms with E-state index in [4.69, 9.17) is 11.0 Å². The smallest absolute Gasteiger partial charge is 0.388 e. The van der Waals surface area contributed by atoms with Crippen molar-refractivity contribution in [2.45, 2.75) is 25.8 Å². The van der Waals surface area contributed by atoms with Crippen molar-refractivity contribution in [1.29, 1.82) is 5.26 Å². The van der Waals surface area contributed by atoms with Crippen LogP contribution in [0.3, 0.4) is 0 Å². The molecule has 1 heterocycles. The summed E-state index contributed by atoms with van der Waals surface area (Å²) in [5.41, 5.74) is 3.74. The SMILES string of the molecule is N#CCc1c(OC(F)(F)F)ncc(CN)c1C(F)F. The molecule has 0 aliphatic rings. The van der Waals surface area contributed by atoms with E-state index < -0.39 is 36.2 Å². The monoisotopic (exact) mass is 281 g/mol. The highest BCUT2D eigenvalue weighted by molar-refractivity contribution is 5.42. The van der Waals surface area contributed by atoms with Crippen LogP contribution in [-0.4, -0.2) is 11.3 Å². The Morgan fingerprint density at radius 1 is 1.42 bits per heavy atom. The van der Waals surface area contributed by atoms with E-state index in [1.54, 1.807) is 0 Å². The topological polar surface area (TPSA) is 71.9 Å². The summed E-state index contributed by atoms with van der Waals surface area (Å²) in [5.74, 6) is -1.05. The number of nitrogens with two attached hydrogens (primary N) is 1. The summed E-state index contributed by atoms with van der Waals surface area (Å²) in [6.07, 6.45) is -8.07. The first kappa shape index (κ1) is 15.1. The van der Waals surface area contributed by atoms with Crippen molar-refractivity contribution in [3.05, 3.63) is 22.9 Å². The molecule has 104 valence electrons. The molecule has 0 spiro atoms. The number of hydrogen-bond donors (Lipinski definition) is 1. The van der Waals surface area contributed by atoms with Crippen LogP contribution >= 0.6 is 0 Å². The number of ether oxygens (including phenoxy) is 1. The summed E-state index contributed by atoms with van der Waals surface area (Å²) in [5, 5.41) is 8.52. The molecule has 0 aliphatic heterocycles. The lowest BCUT2D eigenvalue weighted by Crippen LogP contribution is -2.20. The molecule has 19 heavy (non-hydrogen) atoms. The fraction of sp³-hybridized carbons (Fsp3) is 0.400. The minimum absolute atomic E-state index is 0.130. The number of aromatic nitrogens is 1. The number of nitrogens with zero attached hydrogens (tertiary/aromatic N) is 2. The quantitative estimate of drug-likeness (QED) is 0.860. The first-order valence-electron chi connectivity index (χ1n) is 4.91. The fourth-order valence-electron chi connectivity index (χ4n) is 1.47. The van der Waals surface area contributed by atoms with Gasteiger partial charge in [-0.15, -0.1) is 13.2 Å². The molecule has 0 bridgehead atoms. The zero-order valence-corrected chi connectivity index (χ0v) is 9.34. The molecule has 0 amide bonds. The zero-order valence-electron chi connectivity index (χ0n) is 9.34. The van der Waals surface area contributed by atoms with Crippen molar-refractivity contribution >= 4 is 0 Å². The van der Waals surface area contributed by atoms with Crippen molar-refractivity contribution in [3.8, 4) is 11.9 Å². The van der Waals surface area contributed by atoms with Gasteiger partial charge in [-0.1, -0.05) is 0 Å². The minimum Gasteiger partial charge on any atom is -0.388 e. The van der Waals surface area contributed by atoms with Gasteiger partial charge in [0.05, 0.1) is 12.5 Å². The van der Waals surface area contributed by atoms with Crippen LogP contribution in [0.25, 0.3) is 0 Å². The third-order valence-electron chi connectivity index (χ3n) is 2.17. The molecule has 0 aliphatic carbocycles. The Morgan fingerprint density at radius 2 is 2.05 bits per heavy atom. The average Bonchev–Trinajstić information content (AvgIpc) is 2.28. The van der Waals surface area contributed by atoms with Crippen LogP contribution in [-0.2, 0) is 13.0 Å². The summed E-state index contributed by atoms with van der Waals surface area (Å²) >= 11 is 0. The lowest BCUT2D eigenvalue weighted by molar-refractivity contribution is -0.276. The largest absolute Gasteiger partial charge is 0.574 e. The highest BCUT2D eigenvalue weighted by Crippen LogP contribution is 2.34. The van der Waals surface area contributed by atoms with E-state index in [1.165, 1.54) is 6.07 Å². The highest BCUT2D eigenvalue weighted by Gasteiger charge is 2.34. The van der Waals surface area contributed by atoms with E-state index >= 15 is 0 Å². The molecule has 0 atom stereocenters. The van der Waals surface area contributed by atoms with Gasteiger partial charge < -0.3 is 10.5 Å². The van der Waals surface area contributed by atoms with Gasteiger partial charge in [0.2, 0.25) is 5.88 Å². The second kappa shape index (κ2) is 5.79. The maximum atomic E-state index is 12.9. The number of nitriles is 1. The van der Waals surface area contributed by atoms with E-state index in [0.717, 1.165) is 6.20 Å². The Hall–Kier alpha value is -1.95. The summed E-state index contributed by atoms with van der Waals surface area (Å²) in [6, 6.07) is 1.50. The van der Waals surface area contributed by atoms with Crippen molar-refractivity contribution in [2.24, 2.45) is 5.73 Å². The van der Waals surface area contributed by atoms with Gasteiger partial charge in [-0.25, -0.2) is 13.8 Å². The molecular weight excluding hydrogens is 273 g/mol. The van der Waals surface area contributed by atoms with Gasteiger partial charge in [-0.3, -0.25) is 0 Å². The molecule has 0 saturated carbocycles. The van der Waals surface area contributed by atoms with Crippen molar-refractivity contribution in [2.75, 3.05) is 0 Å². The molecule has 0 saturated heterocycles. The Labute approximate surface area is 104 Å². The second-order valence-electron chi connectivity index (χ2n) is 3.37. The average molecular weight is 281 g/mol. The number of alkyl halides is 5. The first-order chi connectivity index (χ1) is 8.80. The maximum absolute atomic E-state index is 12.9. The van der Waals surface area contributed by atoms with Crippen LogP contribution in [0.4, 0.5) is 22.0 Å². The number of pyridine rings is 1. The molecule has 1 rings (SSSR count). The Kier molecular flexibility index (Phi) is 4.61. The molecular formula is C10H8F5N3O. The summed E-state index contributed by atoms with van der Waals surface area (Å²) in [6.45, 7) is -0.336. The fourth-order valence-corrected chi connectivity index (χ4v) is 1.47. The molecule has 2 N–H and O–H groups in total. The van der Waals surface area contributed by atoms with E-state index in [1.807, 2.05) is 0 Å². The van der Waals surface area contributed by atoms with Crippen LogP contribution < -0.4 is 10.5 Å². The van der Waals surface area contributed by atoms with Gasteiger partial charge in [-0.2, -0.15) is 5.26 Å². The molecule has 4 nitrogen and oxygen atoms in total. The number of hydrogen-bond acceptors (Lipinski definition) is 4. The van der Waals surface area contributed by atoms with Crippen LogP contribution in [0.15, 0.2) is 6.20 Å². The van der Waals surface area contributed by atoms with Gasteiger partial charge in [0.15, 0.2) is 0 Å². The zero-order chi connectivity index (χ0) is 14.6. The predicted octanol–water partition coefficient (Wildman–Crippen LogP) is 2.44. The van der Waals surface area contributed by atoms with Crippen molar-refractivity contribution in [1.82, 2.24) is 4.98 Å². The third kappa shape index (κ3) is 3.75. The number of rotatable bonds is 4. The first-order valence-corrected chi connectivity index (χ1v) is 4.91. The molecule has 1 aromatic rings. The van der Waals surface area contributed by atoms with Crippen LogP contribution in [0.5, 0.6) is 5.88 Å². The molecule has 9 heteroatoms. The van der Waals surface area contributed by atoms with Crippen LogP contribution in [0, 0.1) is 11.3 Å². The normalized spacial score (nSPS) is 11.5. The molecule has 0 fully saturated rings. The minimum atomic E-state index is -5.08. The summed E-state index contributed by atoms with van der Waals surface area (Å²) in [7, 11) is 0. The summed E-state index contributed by atoms with van der Waals surface area (Å²) < 4.78 is 65.7. The Morgan fingerprint density at radius 3 is 2.47 bits per heavy atom. The molecule has 1 aromatic heterocycles. The maximum Gasteiger partial charge on any atom is 0.574 e. The highest BCUT2D eigenvalue weighted by atomic mass is 19.4. The van der Waals surface area contributed by atoms with Gasteiger partial charge in [0.25, 0.3) is 6.43 Å². The summed E-state index contributed by atoms with van der Waals surface area (Å²) in [4.78, 5) is 3.29. The Bertz CT molecular complexity index is 495. The molecule has 0 unspecified atom stereocenters. The van der Waals surface area contributed by atoms with E-state index in [-0.39, 0.29) is 12.1 Å². The van der Waals surface area contributed by atoms with E-state index in [0.29, 0.717) is 0 Å². The predicted molar refractivity (Wildman–Crippen MR) is 53.1 cm³/mol. The molecule has 0 aromatic carbocycles. The van der Waals surface area contributed by atoms with Crippen molar-refractivity contribution < 1.29 is 26.7 Å². The van der Waals surface area contributed by atoms with Crippen LogP contribution in [0.1, 0.15) is 23.1 Å². The lowest BCUT2D eigenvalue weighted by atomic mass is 10.0. The van der Waals surface area contributed by atoms with Gasteiger partial charge in [0, 0.05) is 23.9 Å². The van der Waals surface area contributed by atoms with Gasteiger partial charge in [0.1, 0.15) is 0 Å².